The Morgan fingerprint density at radius 2 is 2.13 bits per heavy atom. The fourth-order valence-corrected chi connectivity index (χ4v) is 3.28. The zero-order valence-corrected chi connectivity index (χ0v) is 14.2. The van der Waals surface area contributed by atoms with Crippen LogP contribution in [0.4, 0.5) is 0 Å². The number of rotatable bonds is 4. The minimum Gasteiger partial charge on any atom is -0.459 e. The van der Waals surface area contributed by atoms with Crippen LogP contribution in [0.5, 0.6) is 0 Å². The summed E-state index contributed by atoms with van der Waals surface area (Å²) in [6.07, 6.45) is 4.40. The number of carbonyl (C=O) groups excluding carboxylic acids is 2. The minimum atomic E-state index is -0.0979. The first-order valence-electron chi connectivity index (χ1n) is 8.60. The molecule has 0 unspecified atom stereocenters. The molecule has 2 amide bonds. The summed E-state index contributed by atoms with van der Waals surface area (Å²) >= 11 is 0. The predicted molar refractivity (Wildman–Crippen MR) is 87.0 cm³/mol. The smallest absolute Gasteiger partial charge is 0.289 e. The molecule has 5 nitrogen and oxygen atoms in total. The molecule has 2 heterocycles. The van der Waals surface area contributed by atoms with Gasteiger partial charge in [0.05, 0.1) is 12.3 Å². The highest BCUT2D eigenvalue weighted by Gasteiger charge is 2.37. The molecule has 1 aromatic rings. The second kappa shape index (κ2) is 6.38. The van der Waals surface area contributed by atoms with E-state index < -0.39 is 0 Å². The molecule has 1 aliphatic heterocycles. The molecule has 0 bridgehead atoms. The second-order valence-electron chi connectivity index (χ2n) is 7.23. The number of furan rings is 1. The van der Waals surface area contributed by atoms with E-state index in [0.29, 0.717) is 37.1 Å². The van der Waals surface area contributed by atoms with Gasteiger partial charge in [0.25, 0.3) is 5.91 Å². The molecule has 0 aromatic carbocycles. The zero-order chi connectivity index (χ0) is 16.6. The molecular weight excluding hydrogens is 292 g/mol. The maximum absolute atomic E-state index is 12.8. The molecule has 0 radical (unpaired) electrons. The van der Waals surface area contributed by atoms with Gasteiger partial charge in [-0.15, -0.1) is 0 Å². The second-order valence-corrected chi connectivity index (χ2v) is 7.23. The highest BCUT2D eigenvalue weighted by Crippen LogP contribution is 2.32. The molecular formula is C18H26N2O3. The van der Waals surface area contributed by atoms with Crippen molar-refractivity contribution in [2.45, 2.75) is 46.1 Å². The summed E-state index contributed by atoms with van der Waals surface area (Å²) < 4.78 is 5.35. The van der Waals surface area contributed by atoms with Crippen molar-refractivity contribution >= 4 is 11.8 Å². The van der Waals surface area contributed by atoms with Crippen LogP contribution in [-0.2, 0) is 4.79 Å². The van der Waals surface area contributed by atoms with Crippen LogP contribution in [0.2, 0.25) is 0 Å². The summed E-state index contributed by atoms with van der Waals surface area (Å²) in [5, 5.41) is 0. The van der Waals surface area contributed by atoms with Crippen LogP contribution in [-0.4, -0.2) is 47.3 Å². The fraction of sp³-hybridized carbons (Fsp3) is 0.667. The average Bonchev–Trinajstić information content (AvgIpc) is 3.25. The fourth-order valence-electron chi connectivity index (χ4n) is 3.28. The van der Waals surface area contributed by atoms with Crippen molar-refractivity contribution < 1.29 is 14.0 Å². The van der Waals surface area contributed by atoms with Gasteiger partial charge in [-0.3, -0.25) is 9.59 Å². The number of hydrogen-bond donors (Lipinski definition) is 0. The van der Waals surface area contributed by atoms with E-state index in [0.717, 1.165) is 12.1 Å². The standard InChI is InChI=1S/C18H26N2O3/c1-12(2)15-11-19(18(22)17-13(3)7-9-23-17)8-6-16(21)20(15)10-14-4-5-14/h7,9,12,14-15H,4-6,8,10-11H2,1-3H3/t15-/m0/s1. The molecule has 23 heavy (non-hydrogen) atoms. The molecule has 2 aliphatic rings. The Labute approximate surface area is 137 Å². The van der Waals surface area contributed by atoms with Crippen molar-refractivity contribution in [1.29, 1.82) is 0 Å². The summed E-state index contributed by atoms with van der Waals surface area (Å²) in [6.45, 7) is 8.05. The van der Waals surface area contributed by atoms with Gasteiger partial charge in [0.15, 0.2) is 5.76 Å². The van der Waals surface area contributed by atoms with Crippen LogP contribution in [0.1, 0.15) is 49.2 Å². The maximum Gasteiger partial charge on any atom is 0.289 e. The van der Waals surface area contributed by atoms with Gasteiger partial charge in [0.1, 0.15) is 0 Å². The van der Waals surface area contributed by atoms with Gasteiger partial charge >= 0.3 is 0 Å². The molecule has 2 fully saturated rings. The van der Waals surface area contributed by atoms with E-state index in [4.69, 9.17) is 4.42 Å². The van der Waals surface area contributed by atoms with Crippen molar-refractivity contribution in [3.8, 4) is 0 Å². The van der Waals surface area contributed by atoms with E-state index in [1.54, 1.807) is 17.2 Å². The molecule has 126 valence electrons. The molecule has 1 aliphatic carbocycles. The topological polar surface area (TPSA) is 53.8 Å². The number of aryl methyl sites for hydroxylation is 1. The molecule has 0 spiro atoms. The Bertz CT molecular complexity index is 589. The van der Waals surface area contributed by atoms with Gasteiger partial charge in [0, 0.05) is 31.6 Å². The number of amides is 2. The van der Waals surface area contributed by atoms with Crippen LogP contribution < -0.4 is 0 Å². The van der Waals surface area contributed by atoms with Gasteiger partial charge in [-0.05, 0) is 37.7 Å². The van der Waals surface area contributed by atoms with Crippen LogP contribution in [0, 0.1) is 18.8 Å². The average molecular weight is 318 g/mol. The molecule has 1 aromatic heterocycles. The summed E-state index contributed by atoms with van der Waals surface area (Å²) in [7, 11) is 0. The summed E-state index contributed by atoms with van der Waals surface area (Å²) in [5.41, 5.74) is 0.849. The van der Waals surface area contributed by atoms with Crippen molar-refractivity contribution in [2.75, 3.05) is 19.6 Å². The monoisotopic (exact) mass is 318 g/mol. The molecule has 5 heteroatoms. The Morgan fingerprint density at radius 3 is 2.70 bits per heavy atom. The van der Waals surface area contributed by atoms with Gasteiger partial charge in [-0.2, -0.15) is 0 Å². The molecule has 3 rings (SSSR count). The van der Waals surface area contributed by atoms with E-state index >= 15 is 0 Å². The molecule has 1 atom stereocenters. The molecule has 0 N–H and O–H groups in total. The van der Waals surface area contributed by atoms with E-state index in [9.17, 15) is 9.59 Å². The normalized spacial score (nSPS) is 22.6. The lowest BCUT2D eigenvalue weighted by atomic mass is 10.0. The first kappa shape index (κ1) is 16.1. The summed E-state index contributed by atoms with van der Waals surface area (Å²) in [4.78, 5) is 29.2. The quantitative estimate of drug-likeness (QED) is 0.857. The van der Waals surface area contributed by atoms with Crippen LogP contribution in [0.15, 0.2) is 16.7 Å². The first-order chi connectivity index (χ1) is 11.0. The summed E-state index contributed by atoms with van der Waals surface area (Å²) in [5.74, 6) is 1.47. The Hall–Kier alpha value is -1.78. The first-order valence-corrected chi connectivity index (χ1v) is 8.60. The SMILES string of the molecule is Cc1ccoc1C(=O)N1CCC(=O)N(CC2CC2)[C@H](C(C)C)C1. The highest BCUT2D eigenvalue weighted by atomic mass is 16.3. The predicted octanol–water partition coefficient (Wildman–Crippen LogP) is 2.70. The van der Waals surface area contributed by atoms with Gasteiger partial charge < -0.3 is 14.2 Å². The summed E-state index contributed by atoms with van der Waals surface area (Å²) in [6, 6.07) is 1.89. The lowest BCUT2D eigenvalue weighted by molar-refractivity contribution is -0.133. The van der Waals surface area contributed by atoms with Crippen LogP contribution >= 0.6 is 0 Å². The van der Waals surface area contributed by atoms with Crippen molar-refractivity contribution in [3.05, 3.63) is 23.7 Å². The van der Waals surface area contributed by atoms with E-state index in [-0.39, 0.29) is 17.9 Å². The number of carbonyl (C=O) groups is 2. The van der Waals surface area contributed by atoms with Crippen LogP contribution in [0.3, 0.4) is 0 Å². The maximum atomic E-state index is 12.8. The molecule has 1 saturated carbocycles. The Balaban J connectivity index is 1.80. The minimum absolute atomic E-state index is 0.0878. The van der Waals surface area contributed by atoms with Crippen molar-refractivity contribution in [2.24, 2.45) is 11.8 Å². The third-order valence-electron chi connectivity index (χ3n) is 4.99. The Morgan fingerprint density at radius 1 is 1.39 bits per heavy atom. The number of nitrogens with zero attached hydrogens (tertiary/aromatic N) is 2. The molecule has 1 saturated heterocycles. The lowest BCUT2D eigenvalue weighted by Crippen LogP contribution is -2.48. The number of hydrogen-bond acceptors (Lipinski definition) is 3. The zero-order valence-electron chi connectivity index (χ0n) is 14.2. The largest absolute Gasteiger partial charge is 0.459 e. The van der Waals surface area contributed by atoms with Gasteiger partial charge in [-0.1, -0.05) is 13.8 Å². The third kappa shape index (κ3) is 3.43. The Kier molecular flexibility index (Phi) is 4.46. The third-order valence-corrected chi connectivity index (χ3v) is 4.99. The van der Waals surface area contributed by atoms with Crippen molar-refractivity contribution in [3.63, 3.8) is 0 Å². The van der Waals surface area contributed by atoms with Gasteiger partial charge in [0.2, 0.25) is 5.91 Å². The van der Waals surface area contributed by atoms with Gasteiger partial charge in [-0.25, -0.2) is 0 Å². The highest BCUT2D eigenvalue weighted by molar-refractivity contribution is 5.93. The van der Waals surface area contributed by atoms with E-state index in [2.05, 4.69) is 13.8 Å². The lowest BCUT2D eigenvalue weighted by Gasteiger charge is -2.34. The van der Waals surface area contributed by atoms with Crippen molar-refractivity contribution in [1.82, 2.24) is 9.80 Å². The van der Waals surface area contributed by atoms with E-state index in [1.807, 2.05) is 11.8 Å². The van der Waals surface area contributed by atoms with E-state index in [1.165, 1.54) is 12.8 Å². The van der Waals surface area contributed by atoms with Crippen LogP contribution in [0.25, 0.3) is 0 Å².